The molecule has 66 valence electrons. The van der Waals surface area contributed by atoms with Crippen molar-refractivity contribution in [1.29, 1.82) is 0 Å². The van der Waals surface area contributed by atoms with Crippen molar-refractivity contribution < 1.29 is 9.59 Å². The van der Waals surface area contributed by atoms with Crippen LogP contribution in [0.4, 0.5) is 0 Å². The highest BCUT2D eigenvalue weighted by Gasteiger charge is 2.27. The number of aldehydes is 2. The lowest BCUT2D eigenvalue weighted by Crippen LogP contribution is -2.13. The summed E-state index contributed by atoms with van der Waals surface area (Å²) in [5.74, 6) is 0.169. The van der Waals surface area contributed by atoms with E-state index in [2.05, 4.69) is 0 Å². The summed E-state index contributed by atoms with van der Waals surface area (Å²) < 4.78 is 0. The maximum absolute atomic E-state index is 10.7. The van der Waals surface area contributed by atoms with E-state index in [0.717, 1.165) is 36.6 Å². The van der Waals surface area contributed by atoms with E-state index in [9.17, 15) is 9.59 Å². The number of carbonyl (C=O) groups excluding carboxylic acids is 2. The Balaban J connectivity index is 2.82. The van der Waals surface area contributed by atoms with Crippen LogP contribution in [-0.2, 0) is 9.59 Å². The molecule has 0 aromatic carbocycles. The molecule has 0 N–H and O–H groups in total. The Morgan fingerprint density at radius 3 is 2.67 bits per heavy atom. The number of allylic oxidation sites excluding steroid dienone is 2. The van der Waals surface area contributed by atoms with Crippen LogP contribution in [0.25, 0.3) is 0 Å². The Morgan fingerprint density at radius 1 is 1.50 bits per heavy atom. The molecule has 12 heavy (non-hydrogen) atoms. The van der Waals surface area contributed by atoms with Gasteiger partial charge in [-0.2, -0.15) is 0 Å². The molecule has 0 fully saturated rings. The van der Waals surface area contributed by atoms with Gasteiger partial charge < -0.3 is 4.79 Å². The second-order valence-corrected chi connectivity index (χ2v) is 3.49. The Bertz CT molecular complexity index is 228. The SMILES string of the molecule is CC1=C(C=O)C(C(C)C=O)CC1. The first kappa shape index (κ1) is 9.17. The van der Waals surface area contributed by atoms with Crippen molar-refractivity contribution in [3.05, 3.63) is 11.1 Å². The largest absolute Gasteiger partial charge is 0.303 e. The highest BCUT2D eigenvalue weighted by Crippen LogP contribution is 2.34. The van der Waals surface area contributed by atoms with Gasteiger partial charge in [0.05, 0.1) is 0 Å². The second-order valence-electron chi connectivity index (χ2n) is 3.49. The highest BCUT2D eigenvalue weighted by atomic mass is 16.1. The molecule has 0 heterocycles. The van der Waals surface area contributed by atoms with Gasteiger partial charge in [0.2, 0.25) is 0 Å². The van der Waals surface area contributed by atoms with Crippen LogP contribution in [0.3, 0.4) is 0 Å². The Labute approximate surface area is 72.7 Å². The summed E-state index contributed by atoms with van der Waals surface area (Å²) in [5.41, 5.74) is 2.01. The molecule has 0 bridgehead atoms. The predicted molar refractivity (Wildman–Crippen MR) is 46.7 cm³/mol. The molecule has 0 aromatic rings. The Morgan fingerprint density at radius 2 is 2.17 bits per heavy atom. The van der Waals surface area contributed by atoms with E-state index in [1.165, 1.54) is 0 Å². The van der Waals surface area contributed by atoms with Gasteiger partial charge in [-0.25, -0.2) is 0 Å². The molecule has 0 amide bonds. The minimum absolute atomic E-state index is 0.0114. The molecule has 2 heteroatoms. The van der Waals surface area contributed by atoms with E-state index in [1.807, 2.05) is 13.8 Å². The van der Waals surface area contributed by atoms with Crippen molar-refractivity contribution in [3.8, 4) is 0 Å². The molecule has 2 nitrogen and oxygen atoms in total. The molecule has 0 saturated carbocycles. The van der Waals surface area contributed by atoms with Gasteiger partial charge in [0.15, 0.2) is 0 Å². The minimum Gasteiger partial charge on any atom is -0.303 e. The lowest BCUT2D eigenvalue weighted by molar-refractivity contribution is -0.111. The van der Waals surface area contributed by atoms with Crippen molar-refractivity contribution in [1.82, 2.24) is 0 Å². The quantitative estimate of drug-likeness (QED) is 0.598. The van der Waals surface area contributed by atoms with E-state index in [0.29, 0.717) is 0 Å². The fraction of sp³-hybridized carbons (Fsp3) is 0.600. The minimum atomic E-state index is -0.0114. The van der Waals surface area contributed by atoms with Crippen LogP contribution in [0, 0.1) is 11.8 Å². The summed E-state index contributed by atoms with van der Waals surface area (Å²) in [5, 5.41) is 0. The third kappa shape index (κ3) is 1.47. The molecular weight excluding hydrogens is 152 g/mol. The van der Waals surface area contributed by atoms with Gasteiger partial charge in [-0.3, -0.25) is 4.79 Å². The summed E-state index contributed by atoms with van der Waals surface area (Å²) in [7, 11) is 0. The van der Waals surface area contributed by atoms with E-state index in [1.54, 1.807) is 0 Å². The van der Waals surface area contributed by atoms with Crippen LogP contribution >= 0.6 is 0 Å². The lowest BCUT2D eigenvalue weighted by Gasteiger charge is -2.13. The van der Waals surface area contributed by atoms with Gasteiger partial charge in [0, 0.05) is 5.92 Å². The number of hydrogen-bond donors (Lipinski definition) is 0. The molecule has 1 aliphatic carbocycles. The van der Waals surface area contributed by atoms with Crippen LogP contribution in [0.2, 0.25) is 0 Å². The van der Waals surface area contributed by atoms with E-state index < -0.39 is 0 Å². The van der Waals surface area contributed by atoms with Crippen LogP contribution < -0.4 is 0 Å². The average Bonchev–Trinajstić information content (AvgIpc) is 2.45. The van der Waals surface area contributed by atoms with Crippen molar-refractivity contribution in [3.63, 3.8) is 0 Å². The predicted octanol–water partition coefficient (Wildman–Crippen LogP) is 1.75. The summed E-state index contributed by atoms with van der Waals surface area (Å²) >= 11 is 0. The van der Waals surface area contributed by atoms with E-state index >= 15 is 0 Å². The highest BCUT2D eigenvalue weighted by molar-refractivity contribution is 5.77. The monoisotopic (exact) mass is 166 g/mol. The maximum atomic E-state index is 10.7. The maximum Gasteiger partial charge on any atom is 0.146 e. The molecule has 0 aromatic heterocycles. The molecule has 1 aliphatic rings. The molecule has 0 radical (unpaired) electrons. The molecule has 0 aliphatic heterocycles. The van der Waals surface area contributed by atoms with Gasteiger partial charge in [0.1, 0.15) is 12.6 Å². The summed E-state index contributed by atoms with van der Waals surface area (Å²) in [6.07, 6.45) is 3.77. The molecule has 0 spiro atoms. The van der Waals surface area contributed by atoms with Crippen LogP contribution in [0.1, 0.15) is 26.7 Å². The van der Waals surface area contributed by atoms with Gasteiger partial charge in [-0.1, -0.05) is 12.5 Å². The van der Waals surface area contributed by atoms with Crippen LogP contribution in [0.5, 0.6) is 0 Å². The van der Waals surface area contributed by atoms with Gasteiger partial charge in [-0.15, -0.1) is 0 Å². The zero-order valence-electron chi connectivity index (χ0n) is 7.54. The van der Waals surface area contributed by atoms with Crippen LogP contribution in [0.15, 0.2) is 11.1 Å². The second kappa shape index (κ2) is 3.65. The third-order valence-electron chi connectivity index (χ3n) is 2.70. The smallest absolute Gasteiger partial charge is 0.146 e. The fourth-order valence-electron chi connectivity index (χ4n) is 1.82. The van der Waals surface area contributed by atoms with Crippen molar-refractivity contribution in [2.45, 2.75) is 26.7 Å². The fourth-order valence-corrected chi connectivity index (χ4v) is 1.82. The molecular formula is C10H14O2. The molecule has 2 unspecified atom stereocenters. The van der Waals surface area contributed by atoms with E-state index in [4.69, 9.17) is 0 Å². The molecule has 1 rings (SSSR count). The Hall–Kier alpha value is -0.920. The summed E-state index contributed by atoms with van der Waals surface area (Å²) in [6.45, 7) is 3.85. The third-order valence-corrected chi connectivity index (χ3v) is 2.70. The zero-order chi connectivity index (χ0) is 9.14. The van der Waals surface area contributed by atoms with Crippen LogP contribution in [-0.4, -0.2) is 12.6 Å². The first-order chi connectivity index (χ1) is 5.70. The standard InChI is InChI=1S/C10H14O2/c1-7-3-4-9(8(2)5-11)10(7)6-12/h5-6,8-9H,3-4H2,1-2H3. The topological polar surface area (TPSA) is 34.1 Å². The molecule has 0 saturated heterocycles. The normalized spacial score (nSPS) is 25.7. The van der Waals surface area contributed by atoms with Crippen molar-refractivity contribution in [2.75, 3.05) is 0 Å². The molecule has 2 atom stereocenters. The van der Waals surface area contributed by atoms with Crippen molar-refractivity contribution >= 4 is 12.6 Å². The average molecular weight is 166 g/mol. The first-order valence-corrected chi connectivity index (χ1v) is 4.30. The number of hydrogen-bond acceptors (Lipinski definition) is 2. The summed E-state index contributed by atoms with van der Waals surface area (Å²) in [6, 6.07) is 0. The summed E-state index contributed by atoms with van der Waals surface area (Å²) in [4.78, 5) is 21.2. The number of rotatable bonds is 3. The lowest BCUT2D eigenvalue weighted by atomic mass is 9.89. The van der Waals surface area contributed by atoms with Crippen molar-refractivity contribution in [2.24, 2.45) is 11.8 Å². The van der Waals surface area contributed by atoms with Gasteiger partial charge in [-0.05, 0) is 31.3 Å². The van der Waals surface area contributed by atoms with Gasteiger partial charge >= 0.3 is 0 Å². The first-order valence-electron chi connectivity index (χ1n) is 4.30. The van der Waals surface area contributed by atoms with E-state index in [-0.39, 0.29) is 11.8 Å². The number of carbonyl (C=O) groups is 2. The van der Waals surface area contributed by atoms with Gasteiger partial charge in [0.25, 0.3) is 0 Å². The zero-order valence-corrected chi connectivity index (χ0v) is 7.54. The Kier molecular flexibility index (Phi) is 2.79.